The van der Waals surface area contributed by atoms with Crippen molar-refractivity contribution in [3.63, 3.8) is 0 Å². The van der Waals surface area contributed by atoms with E-state index >= 15 is 0 Å². The van der Waals surface area contributed by atoms with Crippen molar-refractivity contribution in [1.82, 2.24) is 24.8 Å². The Hall–Kier alpha value is -3.21. The first-order valence-corrected chi connectivity index (χ1v) is 9.06. The number of nitrogens with zero attached hydrogens (tertiary/aromatic N) is 6. The number of hydrogen-bond donors (Lipinski definition) is 1. The molecule has 0 saturated carbocycles. The zero-order chi connectivity index (χ0) is 19.0. The summed E-state index contributed by atoms with van der Waals surface area (Å²) in [4.78, 5) is 32.9. The fourth-order valence-electron chi connectivity index (χ4n) is 3.82. The van der Waals surface area contributed by atoms with Crippen LogP contribution >= 0.6 is 0 Å². The normalized spacial score (nSPS) is 17.2. The molecular formula is C19H21N7O. The summed E-state index contributed by atoms with van der Waals surface area (Å²) < 4.78 is 0. The molecule has 0 aromatic carbocycles. The summed E-state index contributed by atoms with van der Waals surface area (Å²) in [6, 6.07) is 3.97. The van der Waals surface area contributed by atoms with E-state index in [1.807, 2.05) is 19.1 Å². The van der Waals surface area contributed by atoms with Crippen LogP contribution in [0.15, 0.2) is 18.5 Å². The number of anilines is 1. The highest BCUT2D eigenvalue weighted by Gasteiger charge is 2.28. The monoisotopic (exact) mass is 363 g/mol. The van der Waals surface area contributed by atoms with Gasteiger partial charge in [-0.1, -0.05) is 0 Å². The largest absolute Gasteiger partial charge is 0.354 e. The average molecular weight is 363 g/mol. The molecule has 1 fully saturated rings. The number of aryl methyl sites for hydroxylation is 1. The Morgan fingerprint density at radius 2 is 2.33 bits per heavy atom. The van der Waals surface area contributed by atoms with Crippen LogP contribution in [0.1, 0.15) is 25.1 Å². The van der Waals surface area contributed by atoms with Crippen molar-refractivity contribution >= 4 is 33.7 Å². The lowest BCUT2D eigenvalue weighted by Crippen LogP contribution is -2.48. The van der Waals surface area contributed by atoms with E-state index in [0.717, 1.165) is 47.3 Å². The van der Waals surface area contributed by atoms with Gasteiger partial charge in [-0.05, 0) is 25.8 Å². The van der Waals surface area contributed by atoms with E-state index in [0.29, 0.717) is 12.2 Å². The van der Waals surface area contributed by atoms with Gasteiger partial charge in [0.1, 0.15) is 18.1 Å². The molecule has 1 saturated heterocycles. The number of amides is 1. The van der Waals surface area contributed by atoms with Gasteiger partial charge < -0.3 is 14.8 Å². The second-order valence-electron chi connectivity index (χ2n) is 6.96. The van der Waals surface area contributed by atoms with Crippen molar-refractivity contribution in [2.45, 2.75) is 32.2 Å². The number of hydrogen-bond acceptors (Lipinski definition) is 6. The van der Waals surface area contributed by atoms with Gasteiger partial charge in [0.05, 0.1) is 23.2 Å². The molecule has 4 rings (SSSR count). The van der Waals surface area contributed by atoms with E-state index in [-0.39, 0.29) is 18.4 Å². The molecule has 1 amide bonds. The summed E-state index contributed by atoms with van der Waals surface area (Å²) in [6.45, 7) is 3.50. The molecule has 0 radical (unpaired) electrons. The lowest BCUT2D eigenvalue weighted by Gasteiger charge is -2.38. The molecule has 8 heteroatoms. The number of piperidine rings is 1. The maximum atomic E-state index is 12.1. The summed E-state index contributed by atoms with van der Waals surface area (Å²) in [5, 5.41) is 10.8. The first-order valence-electron chi connectivity index (χ1n) is 9.06. The predicted octanol–water partition coefficient (Wildman–Crippen LogP) is 2.16. The zero-order valence-corrected chi connectivity index (χ0v) is 15.4. The number of fused-ring (bicyclic) bond motifs is 3. The Morgan fingerprint density at radius 1 is 1.48 bits per heavy atom. The van der Waals surface area contributed by atoms with Gasteiger partial charge in [0, 0.05) is 37.8 Å². The molecule has 0 spiro atoms. The summed E-state index contributed by atoms with van der Waals surface area (Å²) in [7, 11) is 1.78. The number of nitrogens with one attached hydrogen (secondary N) is 1. The molecule has 4 heterocycles. The highest BCUT2D eigenvalue weighted by Crippen LogP contribution is 2.32. The van der Waals surface area contributed by atoms with Gasteiger partial charge in [-0.15, -0.1) is 0 Å². The molecule has 1 aliphatic rings. The fourth-order valence-corrected chi connectivity index (χ4v) is 3.82. The van der Waals surface area contributed by atoms with Crippen molar-refractivity contribution in [2.24, 2.45) is 0 Å². The van der Waals surface area contributed by atoms with Crippen molar-refractivity contribution in [3.05, 3.63) is 24.3 Å². The molecule has 1 N–H and O–H groups in total. The average Bonchev–Trinajstić information content (AvgIpc) is 3.15. The van der Waals surface area contributed by atoms with E-state index < -0.39 is 0 Å². The Bertz CT molecular complexity index is 1050. The van der Waals surface area contributed by atoms with Crippen LogP contribution in [-0.2, 0) is 4.79 Å². The van der Waals surface area contributed by atoms with Crippen molar-refractivity contribution in [3.8, 4) is 6.07 Å². The van der Waals surface area contributed by atoms with Crippen LogP contribution in [0.3, 0.4) is 0 Å². The Kier molecular flexibility index (Phi) is 4.36. The SMILES string of the molecule is Cc1nc(N2CCCC(N(C)C(=O)CC#N)C2)c2c(cnc3nccc32)[nH]1. The number of nitriles is 1. The number of aromatic amines is 1. The van der Waals surface area contributed by atoms with Crippen molar-refractivity contribution < 1.29 is 4.79 Å². The first kappa shape index (κ1) is 17.2. The van der Waals surface area contributed by atoms with Crippen LogP contribution in [0.5, 0.6) is 0 Å². The van der Waals surface area contributed by atoms with Crippen LogP contribution in [0.4, 0.5) is 5.82 Å². The lowest BCUT2D eigenvalue weighted by atomic mass is 10.0. The van der Waals surface area contributed by atoms with Crippen molar-refractivity contribution in [1.29, 1.82) is 5.26 Å². The number of likely N-dealkylation sites (N-methyl/N-ethyl adjacent to an activating group) is 1. The number of rotatable bonds is 3. The minimum Gasteiger partial charge on any atom is -0.354 e. The minimum absolute atomic E-state index is 0.0658. The molecule has 3 aromatic heterocycles. The maximum absolute atomic E-state index is 12.1. The lowest BCUT2D eigenvalue weighted by molar-refractivity contribution is -0.131. The zero-order valence-electron chi connectivity index (χ0n) is 15.4. The molecule has 1 aliphatic heterocycles. The third kappa shape index (κ3) is 3.05. The predicted molar refractivity (Wildman–Crippen MR) is 102 cm³/mol. The molecule has 1 unspecified atom stereocenters. The molecule has 138 valence electrons. The van der Waals surface area contributed by atoms with E-state index in [2.05, 4.69) is 19.9 Å². The van der Waals surface area contributed by atoms with Crippen LogP contribution < -0.4 is 4.90 Å². The van der Waals surface area contributed by atoms with Gasteiger partial charge in [-0.3, -0.25) is 4.79 Å². The standard InChI is InChI=1S/C19H21N7O/c1-12-23-15-10-22-18-14(6-8-21-18)17(15)19(24-12)26-9-3-4-13(11-26)25(2)16(27)5-7-20/h6,8,10,13H,3-5,9,11H2,1-2H3,(H,23,24). The Morgan fingerprint density at radius 3 is 3.15 bits per heavy atom. The van der Waals surface area contributed by atoms with E-state index in [9.17, 15) is 4.79 Å². The smallest absolute Gasteiger partial charge is 0.236 e. The van der Waals surface area contributed by atoms with Crippen molar-refractivity contribution in [2.75, 3.05) is 25.0 Å². The second-order valence-corrected chi connectivity index (χ2v) is 6.96. The highest BCUT2D eigenvalue weighted by molar-refractivity contribution is 6.09. The molecule has 8 nitrogen and oxygen atoms in total. The van der Waals surface area contributed by atoms with E-state index in [1.54, 1.807) is 24.3 Å². The molecule has 0 aliphatic carbocycles. The molecule has 0 bridgehead atoms. The van der Waals surface area contributed by atoms with Crippen LogP contribution in [-0.4, -0.2) is 56.9 Å². The van der Waals surface area contributed by atoms with Gasteiger partial charge in [0.25, 0.3) is 0 Å². The molecule has 1 atom stereocenters. The third-order valence-corrected chi connectivity index (χ3v) is 5.21. The van der Waals surface area contributed by atoms with Crippen LogP contribution in [0.25, 0.3) is 21.9 Å². The second kappa shape index (κ2) is 6.83. The maximum Gasteiger partial charge on any atom is 0.236 e. The van der Waals surface area contributed by atoms with E-state index in [4.69, 9.17) is 10.2 Å². The fraction of sp³-hybridized carbons (Fsp3) is 0.421. The van der Waals surface area contributed by atoms with Gasteiger partial charge in [-0.2, -0.15) is 5.26 Å². The number of pyridine rings is 1. The quantitative estimate of drug-likeness (QED) is 0.765. The van der Waals surface area contributed by atoms with Gasteiger partial charge in [0.15, 0.2) is 5.65 Å². The molecule has 3 aromatic rings. The number of H-pyrrole nitrogens is 1. The molecular weight excluding hydrogens is 342 g/mol. The van der Waals surface area contributed by atoms with Crippen LogP contribution in [0.2, 0.25) is 0 Å². The Balaban J connectivity index is 1.74. The molecule has 27 heavy (non-hydrogen) atoms. The summed E-state index contributed by atoms with van der Waals surface area (Å²) in [5.41, 5.74) is 1.63. The number of aromatic nitrogens is 4. The first-order chi connectivity index (χ1) is 13.1. The van der Waals surface area contributed by atoms with Gasteiger partial charge in [-0.25, -0.2) is 15.0 Å². The number of carbonyl (C=O) groups is 1. The number of carbonyl (C=O) groups excluding carboxylic acids is 1. The highest BCUT2D eigenvalue weighted by atomic mass is 16.2. The topological polar surface area (TPSA) is 102 Å². The third-order valence-electron chi connectivity index (χ3n) is 5.21. The van der Waals surface area contributed by atoms with Gasteiger partial charge in [0.2, 0.25) is 5.91 Å². The Labute approximate surface area is 156 Å². The summed E-state index contributed by atoms with van der Waals surface area (Å²) in [5.74, 6) is 1.58. The van der Waals surface area contributed by atoms with Gasteiger partial charge >= 0.3 is 0 Å². The minimum atomic E-state index is -0.133. The summed E-state index contributed by atoms with van der Waals surface area (Å²) in [6.07, 6.45) is 5.36. The van der Waals surface area contributed by atoms with Crippen LogP contribution in [0, 0.1) is 18.3 Å². The summed E-state index contributed by atoms with van der Waals surface area (Å²) >= 11 is 0. The van der Waals surface area contributed by atoms with E-state index in [1.165, 1.54) is 0 Å².